The number of fused-ring (bicyclic) bond motifs is 1. The zero-order valence-corrected chi connectivity index (χ0v) is 17.6. The number of aliphatic imine (C=N–C) groups is 1. The third-order valence-corrected chi connectivity index (χ3v) is 5.90. The van der Waals surface area contributed by atoms with Crippen molar-refractivity contribution in [3.63, 3.8) is 0 Å². The molecule has 2 aliphatic heterocycles. The topological polar surface area (TPSA) is 83.0 Å². The van der Waals surface area contributed by atoms with Gasteiger partial charge in [-0.2, -0.15) is 9.39 Å². The Hall–Kier alpha value is -2.78. The van der Waals surface area contributed by atoms with Crippen LogP contribution in [0.3, 0.4) is 0 Å². The van der Waals surface area contributed by atoms with Gasteiger partial charge in [-0.15, -0.1) is 0 Å². The average molecular weight is 426 g/mol. The van der Waals surface area contributed by atoms with E-state index >= 15 is 0 Å². The van der Waals surface area contributed by atoms with E-state index in [1.54, 1.807) is 11.0 Å². The van der Waals surface area contributed by atoms with E-state index in [-0.39, 0.29) is 11.4 Å². The van der Waals surface area contributed by atoms with Gasteiger partial charge >= 0.3 is 0 Å². The first-order valence-electron chi connectivity index (χ1n) is 9.14. The highest BCUT2D eigenvalue weighted by molar-refractivity contribution is 8.19. The van der Waals surface area contributed by atoms with Crippen molar-refractivity contribution in [1.29, 1.82) is 5.41 Å². The number of hydrogen-bond donors (Lipinski definition) is 1. The molecule has 2 aliphatic rings. The minimum absolute atomic E-state index is 0.101. The van der Waals surface area contributed by atoms with Gasteiger partial charge in [-0.3, -0.25) is 10.2 Å². The van der Waals surface area contributed by atoms with E-state index in [0.29, 0.717) is 16.9 Å². The molecular weight excluding hydrogens is 406 g/mol. The lowest BCUT2D eigenvalue weighted by Crippen LogP contribution is -2.41. The number of carbonyl (C=O) groups excluding carboxylic acids is 1. The third-order valence-electron chi connectivity index (χ3n) is 4.27. The smallest absolute Gasteiger partial charge is 0.283 e. The molecule has 0 radical (unpaired) electrons. The van der Waals surface area contributed by atoms with Crippen LogP contribution in [0.5, 0.6) is 5.75 Å². The molecule has 0 saturated heterocycles. The molecule has 1 N–H and O–H groups in total. The van der Waals surface area contributed by atoms with Gasteiger partial charge in [-0.1, -0.05) is 18.7 Å². The molecule has 9 heteroatoms. The van der Waals surface area contributed by atoms with Crippen LogP contribution in [-0.4, -0.2) is 43.9 Å². The minimum Gasteiger partial charge on any atom is -0.494 e. The highest BCUT2D eigenvalue weighted by Gasteiger charge is 2.37. The summed E-state index contributed by atoms with van der Waals surface area (Å²) >= 11 is 2.66. The van der Waals surface area contributed by atoms with Gasteiger partial charge in [0, 0.05) is 17.6 Å². The number of carbonyl (C=O) groups is 1. The summed E-state index contributed by atoms with van der Waals surface area (Å²) in [5.41, 5.74) is 1.96. The predicted molar refractivity (Wildman–Crippen MR) is 120 cm³/mol. The van der Waals surface area contributed by atoms with Crippen LogP contribution in [0.4, 0.5) is 0 Å². The van der Waals surface area contributed by atoms with Crippen LogP contribution < -0.4 is 4.74 Å². The van der Waals surface area contributed by atoms with Crippen molar-refractivity contribution in [2.24, 2.45) is 9.39 Å². The lowest BCUT2D eigenvalue weighted by molar-refractivity contribution is -0.114. The van der Waals surface area contributed by atoms with Crippen LogP contribution in [0.25, 0.3) is 11.8 Å². The Kier molecular flexibility index (Phi) is 5.59. The second-order valence-corrected chi connectivity index (χ2v) is 8.03. The van der Waals surface area contributed by atoms with Gasteiger partial charge in [0.2, 0.25) is 5.17 Å². The minimum atomic E-state index is -0.425. The van der Waals surface area contributed by atoms with Gasteiger partial charge in [0.15, 0.2) is 5.17 Å². The fourth-order valence-electron chi connectivity index (χ4n) is 2.99. The van der Waals surface area contributed by atoms with Crippen LogP contribution >= 0.6 is 23.7 Å². The highest BCUT2D eigenvalue weighted by Crippen LogP contribution is 2.32. The first kappa shape index (κ1) is 19.5. The summed E-state index contributed by atoms with van der Waals surface area (Å²) in [6, 6.07) is 11.5. The third kappa shape index (κ3) is 3.75. The van der Waals surface area contributed by atoms with Crippen molar-refractivity contribution in [2.75, 3.05) is 12.4 Å². The summed E-state index contributed by atoms with van der Waals surface area (Å²) in [5, 5.41) is 9.71. The zero-order chi connectivity index (χ0) is 20.4. The molecule has 7 nitrogen and oxygen atoms in total. The number of hydrogen-bond acceptors (Lipinski definition) is 6. The van der Waals surface area contributed by atoms with E-state index in [1.807, 2.05) is 61.0 Å². The van der Waals surface area contributed by atoms with E-state index in [2.05, 4.69) is 9.39 Å². The maximum Gasteiger partial charge on any atom is 0.283 e. The number of aromatic nitrogens is 1. The normalized spacial score (nSPS) is 17.4. The molecule has 2 aromatic rings. The number of benzene rings is 1. The molecule has 3 heterocycles. The molecule has 4 rings (SSSR count). The second-order valence-electron chi connectivity index (χ2n) is 6.07. The maximum atomic E-state index is 12.6. The van der Waals surface area contributed by atoms with Crippen LogP contribution in [-0.2, 0) is 4.79 Å². The number of rotatable bonds is 5. The summed E-state index contributed by atoms with van der Waals surface area (Å²) in [6.07, 6.45) is 3.62. The van der Waals surface area contributed by atoms with Crippen molar-refractivity contribution < 1.29 is 9.53 Å². The fourth-order valence-corrected chi connectivity index (χ4v) is 4.56. The maximum absolute atomic E-state index is 12.6. The first-order valence-corrected chi connectivity index (χ1v) is 10.9. The van der Waals surface area contributed by atoms with Crippen molar-refractivity contribution >= 4 is 51.9 Å². The van der Waals surface area contributed by atoms with Gasteiger partial charge < -0.3 is 9.30 Å². The Morgan fingerprint density at radius 2 is 2.03 bits per heavy atom. The van der Waals surface area contributed by atoms with Crippen LogP contribution in [0.15, 0.2) is 57.6 Å². The molecule has 0 spiro atoms. The lowest BCUT2D eigenvalue weighted by atomic mass is 10.1. The second kappa shape index (κ2) is 8.30. The number of ether oxygens (including phenoxy) is 1. The molecule has 0 fully saturated rings. The number of amides is 1. The molecule has 1 aromatic heterocycles. The molecule has 29 heavy (non-hydrogen) atoms. The van der Waals surface area contributed by atoms with Gasteiger partial charge in [0.25, 0.3) is 5.91 Å². The molecule has 0 bridgehead atoms. The van der Waals surface area contributed by atoms with E-state index in [4.69, 9.17) is 10.1 Å². The standard InChI is InChI=1S/C20H19N5O2S2/c1-3-27-15-9-7-13(8-10-15)24-11-5-6-14(24)12-16-17(21)25-19(22-18(16)26)29-23-20(25)28-4-2/h5-12,21H,3-4H2,1-2H3/b16-12-,21-17?. The molecule has 1 amide bonds. The van der Waals surface area contributed by atoms with Crippen molar-refractivity contribution in [1.82, 2.24) is 9.47 Å². The molecular formula is C20H19N5O2S2. The predicted octanol–water partition coefficient (Wildman–Crippen LogP) is 4.21. The Labute approximate surface area is 177 Å². The average Bonchev–Trinajstić information content (AvgIpc) is 3.33. The van der Waals surface area contributed by atoms with Crippen molar-refractivity contribution in [2.45, 2.75) is 13.8 Å². The number of nitrogens with one attached hydrogen (secondary N) is 1. The Morgan fingerprint density at radius 3 is 2.76 bits per heavy atom. The highest BCUT2D eigenvalue weighted by atomic mass is 32.2. The Balaban J connectivity index is 1.67. The summed E-state index contributed by atoms with van der Waals surface area (Å²) in [6.45, 7) is 4.58. The molecule has 1 aromatic carbocycles. The summed E-state index contributed by atoms with van der Waals surface area (Å²) in [4.78, 5) is 18.3. The Morgan fingerprint density at radius 1 is 1.24 bits per heavy atom. The quantitative estimate of drug-likeness (QED) is 0.573. The molecule has 0 unspecified atom stereocenters. The van der Waals surface area contributed by atoms with Crippen LogP contribution in [0.1, 0.15) is 19.5 Å². The zero-order valence-electron chi connectivity index (χ0n) is 16.0. The van der Waals surface area contributed by atoms with E-state index < -0.39 is 5.91 Å². The number of amidine groups is 3. The van der Waals surface area contributed by atoms with Crippen LogP contribution in [0.2, 0.25) is 0 Å². The van der Waals surface area contributed by atoms with E-state index in [0.717, 1.165) is 34.8 Å². The fraction of sp³-hybridized carbons (Fsp3) is 0.200. The first-order chi connectivity index (χ1) is 14.1. The summed E-state index contributed by atoms with van der Waals surface area (Å²) in [7, 11) is 0. The SMILES string of the molecule is CCOc1ccc(-n2cccc2/C=C2/C(=N)N3C(SCC)=NSC3=NC2=O)cc1. The molecule has 148 valence electrons. The van der Waals surface area contributed by atoms with Crippen molar-refractivity contribution in [3.05, 3.63) is 53.9 Å². The van der Waals surface area contributed by atoms with Gasteiger partial charge in [0.05, 0.1) is 24.1 Å². The number of thioether (sulfide) groups is 1. The van der Waals surface area contributed by atoms with Gasteiger partial charge in [-0.25, -0.2) is 4.90 Å². The lowest BCUT2D eigenvalue weighted by Gasteiger charge is -2.24. The Bertz CT molecular complexity index is 1050. The largest absolute Gasteiger partial charge is 0.494 e. The van der Waals surface area contributed by atoms with Crippen molar-refractivity contribution in [3.8, 4) is 11.4 Å². The van der Waals surface area contributed by atoms with Gasteiger partial charge in [-0.05, 0) is 55.2 Å². The van der Waals surface area contributed by atoms with E-state index in [1.165, 1.54) is 11.8 Å². The monoisotopic (exact) mass is 425 g/mol. The van der Waals surface area contributed by atoms with Crippen LogP contribution in [0, 0.1) is 5.41 Å². The van der Waals surface area contributed by atoms with E-state index in [9.17, 15) is 4.79 Å². The summed E-state index contributed by atoms with van der Waals surface area (Å²) < 4.78 is 11.8. The van der Waals surface area contributed by atoms with Gasteiger partial charge in [0.1, 0.15) is 11.6 Å². The molecule has 0 atom stereocenters. The number of nitrogens with zero attached hydrogens (tertiary/aromatic N) is 4. The molecule has 0 aliphatic carbocycles. The molecule has 0 saturated carbocycles. The summed E-state index contributed by atoms with van der Waals surface area (Å²) in [5.74, 6) is 1.31.